The largest absolute Gasteiger partial charge is 0.444 e. The zero-order valence-electron chi connectivity index (χ0n) is 23.3. The van der Waals surface area contributed by atoms with Gasteiger partial charge in [0.05, 0.1) is 6.61 Å². The van der Waals surface area contributed by atoms with Gasteiger partial charge in [-0.1, -0.05) is 30.7 Å². The van der Waals surface area contributed by atoms with Crippen molar-refractivity contribution in [1.29, 1.82) is 0 Å². The van der Waals surface area contributed by atoms with E-state index in [0.29, 0.717) is 12.0 Å². The Kier molecular flexibility index (Phi) is 9.92. The maximum atomic E-state index is 14.0. The van der Waals surface area contributed by atoms with Crippen LogP contribution in [-0.4, -0.2) is 57.2 Å². The molecule has 1 aromatic carbocycles. The number of carbonyl (C=O) groups is 3. The van der Waals surface area contributed by atoms with Crippen LogP contribution in [0.1, 0.15) is 91.5 Å². The number of hydrogen-bond donors (Lipinski definition) is 3. The second-order valence-electron chi connectivity index (χ2n) is 11.8. The molecule has 0 aliphatic heterocycles. The van der Waals surface area contributed by atoms with Crippen molar-refractivity contribution in [3.05, 3.63) is 34.9 Å². The van der Waals surface area contributed by atoms with Crippen molar-refractivity contribution < 1.29 is 24.2 Å². The second kappa shape index (κ2) is 11.4. The molecular weight excluding hydrogens is 446 g/mol. The molecule has 0 saturated heterocycles. The van der Waals surface area contributed by atoms with E-state index in [1.807, 2.05) is 73.6 Å². The van der Waals surface area contributed by atoms with Crippen LogP contribution >= 0.6 is 0 Å². The summed E-state index contributed by atoms with van der Waals surface area (Å²) in [7, 11) is 0. The third-order valence-electron chi connectivity index (χ3n) is 5.65. The lowest BCUT2D eigenvalue weighted by atomic mass is 9.89. The van der Waals surface area contributed by atoms with Gasteiger partial charge in [-0.15, -0.1) is 0 Å². The smallest absolute Gasteiger partial charge is 0.408 e. The first-order valence-corrected chi connectivity index (χ1v) is 12.2. The molecule has 0 bridgehead atoms. The Morgan fingerprint density at radius 2 is 1.60 bits per heavy atom. The van der Waals surface area contributed by atoms with E-state index in [1.165, 1.54) is 4.90 Å². The highest BCUT2D eigenvalue weighted by Gasteiger charge is 2.44. The average Bonchev–Trinajstić information content (AvgIpc) is 2.67. The maximum absolute atomic E-state index is 14.0. The molecule has 2 atom stereocenters. The Bertz CT molecular complexity index is 912. The normalized spacial score (nSPS) is 14.1. The van der Waals surface area contributed by atoms with Gasteiger partial charge in [-0.25, -0.2) is 4.79 Å². The summed E-state index contributed by atoms with van der Waals surface area (Å²) in [6.45, 7) is 19.7. The van der Waals surface area contributed by atoms with Crippen LogP contribution in [0.15, 0.2) is 18.2 Å². The van der Waals surface area contributed by atoms with E-state index in [9.17, 15) is 19.5 Å². The predicted octanol–water partition coefficient (Wildman–Crippen LogP) is 4.16. The number of nitrogens with zero attached hydrogens (tertiary/aromatic N) is 1. The van der Waals surface area contributed by atoms with Crippen molar-refractivity contribution in [2.24, 2.45) is 0 Å². The molecule has 1 aromatic rings. The van der Waals surface area contributed by atoms with E-state index in [2.05, 4.69) is 10.6 Å². The molecule has 3 N–H and O–H groups in total. The average molecular weight is 492 g/mol. The van der Waals surface area contributed by atoms with Crippen LogP contribution in [0.4, 0.5) is 4.79 Å². The fourth-order valence-corrected chi connectivity index (χ4v) is 3.72. The first kappa shape index (κ1) is 30.4. The quantitative estimate of drug-likeness (QED) is 0.506. The van der Waals surface area contributed by atoms with Crippen LogP contribution in [-0.2, 0) is 14.3 Å². The van der Waals surface area contributed by atoms with Gasteiger partial charge >= 0.3 is 6.09 Å². The van der Waals surface area contributed by atoms with Crippen molar-refractivity contribution in [3.8, 4) is 0 Å². The molecule has 0 saturated carbocycles. The molecule has 1 rings (SSSR count). The number of rotatable bonds is 8. The van der Waals surface area contributed by atoms with Crippen molar-refractivity contribution in [3.63, 3.8) is 0 Å². The molecule has 198 valence electrons. The van der Waals surface area contributed by atoms with Gasteiger partial charge in [-0.3, -0.25) is 9.59 Å². The highest BCUT2D eigenvalue weighted by molar-refractivity contribution is 5.93. The Morgan fingerprint density at radius 1 is 1.03 bits per heavy atom. The van der Waals surface area contributed by atoms with Crippen LogP contribution < -0.4 is 10.6 Å². The predicted molar refractivity (Wildman–Crippen MR) is 138 cm³/mol. The number of aliphatic hydroxyl groups excluding tert-OH is 1. The fraction of sp³-hybridized carbons (Fsp3) is 0.667. The molecule has 0 spiro atoms. The molecule has 3 amide bonds. The minimum Gasteiger partial charge on any atom is -0.444 e. The topological polar surface area (TPSA) is 108 Å². The number of carbonyl (C=O) groups excluding carboxylic acids is 3. The minimum atomic E-state index is -1.29. The van der Waals surface area contributed by atoms with Gasteiger partial charge in [0.25, 0.3) is 0 Å². The summed E-state index contributed by atoms with van der Waals surface area (Å²) in [5.74, 6) is -0.910. The van der Waals surface area contributed by atoms with E-state index in [4.69, 9.17) is 4.74 Å². The Hall–Kier alpha value is -2.61. The Morgan fingerprint density at radius 3 is 2.03 bits per heavy atom. The minimum absolute atomic E-state index is 0.340. The van der Waals surface area contributed by atoms with Crippen LogP contribution in [0.2, 0.25) is 0 Å². The molecule has 0 fully saturated rings. The summed E-state index contributed by atoms with van der Waals surface area (Å²) in [5, 5.41) is 15.6. The van der Waals surface area contributed by atoms with Gasteiger partial charge in [0, 0.05) is 11.1 Å². The van der Waals surface area contributed by atoms with Crippen LogP contribution in [0, 0.1) is 13.8 Å². The number of benzene rings is 1. The first-order valence-electron chi connectivity index (χ1n) is 12.2. The zero-order chi connectivity index (χ0) is 27.4. The summed E-state index contributed by atoms with van der Waals surface area (Å²) in [4.78, 5) is 41.6. The zero-order valence-corrected chi connectivity index (χ0v) is 23.3. The van der Waals surface area contributed by atoms with Crippen molar-refractivity contribution in [2.45, 2.75) is 111 Å². The maximum Gasteiger partial charge on any atom is 0.408 e. The van der Waals surface area contributed by atoms with Gasteiger partial charge in [0.1, 0.15) is 17.7 Å². The van der Waals surface area contributed by atoms with Crippen molar-refractivity contribution in [1.82, 2.24) is 15.5 Å². The molecule has 8 nitrogen and oxygen atoms in total. The van der Waals surface area contributed by atoms with E-state index in [1.54, 1.807) is 20.8 Å². The van der Waals surface area contributed by atoms with Gasteiger partial charge in [0.15, 0.2) is 0 Å². The number of amides is 3. The molecule has 0 radical (unpaired) electrons. The Labute approximate surface area is 210 Å². The lowest BCUT2D eigenvalue weighted by molar-refractivity contribution is -0.150. The summed E-state index contributed by atoms with van der Waals surface area (Å²) in [6.07, 6.45) is -0.283. The Balaban J connectivity index is 3.65. The number of ether oxygens (including phenoxy) is 1. The van der Waals surface area contributed by atoms with Gasteiger partial charge < -0.3 is 25.4 Å². The summed E-state index contributed by atoms with van der Waals surface area (Å²) in [5.41, 5.74) is 0.491. The van der Waals surface area contributed by atoms with E-state index in [-0.39, 0.29) is 5.91 Å². The molecule has 0 heterocycles. The number of aryl methyl sites for hydroxylation is 2. The van der Waals surface area contributed by atoms with Crippen molar-refractivity contribution >= 4 is 17.9 Å². The van der Waals surface area contributed by atoms with E-state index >= 15 is 0 Å². The van der Waals surface area contributed by atoms with Crippen LogP contribution in [0.5, 0.6) is 0 Å². The van der Waals surface area contributed by atoms with Crippen LogP contribution in [0.25, 0.3) is 0 Å². The lowest BCUT2D eigenvalue weighted by Gasteiger charge is -2.45. The molecule has 0 aliphatic carbocycles. The molecule has 0 aliphatic rings. The number of alkyl carbamates (subject to hydrolysis) is 1. The monoisotopic (exact) mass is 491 g/mol. The van der Waals surface area contributed by atoms with Crippen molar-refractivity contribution in [2.75, 3.05) is 6.61 Å². The first-order chi connectivity index (χ1) is 15.8. The van der Waals surface area contributed by atoms with Gasteiger partial charge in [0.2, 0.25) is 11.8 Å². The molecule has 35 heavy (non-hydrogen) atoms. The fourth-order valence-electron chi connectivity index (χ4n) is 3.72. The van der Waals surface area contributed by atoms with E-state index in [0.717, 1.165) is 11.1 Å². The molecular formula is C27H45N3O5. The second-order valence-corrected chi connectivity index (χ2v) is 11.8. The van der Waals surface area contributed by atoms with Gasteiger partial charge in [-0.2, -0.15) is 0 Å². The number of nitrogens with one attached hydrogen (secondary N) is 2. The number of aliphatic hydroxyl groups is 1. The number of hydrogen-bond acceptors (Lipinski definition) is 5. The summed E-state index contributed by atoms with van der Waals surface area (Å²) >= 11 is 0. The highest BCUT2D eigenvalue weighted by atomic mass is 16.6. The third kappa shape index (κ3) is 8.84. The lowest BCUT2D eigenvalue weighted by Crippen LogP contribution is -2.61. The van der Waals surface area contributed by atoms with Crippen LogP contribution in [0.3, 0.4) is 0 Å². The third-order valence-corrected chi connectivity index (χ3v) is 5.65. The summed E-state index contributed by atoms with van der Waals surface area (Å²) in [6, 6.07) is 3.47. The highest BCUT2D eigenvalue weighted by Crippen LogP contribution is 2.34. The van der Waals surface area contributed by atoms with E-state index < -0.39 is 47.4 Å². The standard InChI is InChI=1S/C27H45N3O5/c1-12-27(10,11)30(23(33)20(16-31)28-24(34)35-26(7,8)9)21(22(32)29-25(4,5)6)19-14-13-17(2)15-18(19)3/h13-15,20-21,31H,12,16H2,1-11H3,(H,28,34)(H,29,32). The molecule has 0 aromatic heterocycles. The SMILES string of the molecule is CCC(C)(C)N(C(=O)C(CO)NC(=O)OC(C)(C)C)C(C(=O)NC(C)(C)C)c1ccc(C)cc1C. The summed E-state index contributed by atoms with van der Waals surface area (Å²) < 4.78 is 5.29. The van der Waals surface area contributed by atoms with Gasteiger partial charge in [-0.05, 0) is 86.8 Å². The molecule has 2 unspecified atom stereocenters. The molecule has 8 heteroatoms.